The summed E-state index contributed by atoms with van der Waals surface area (Å²) in [6.07, 6.45) is 6.07. The number of methoxy groups -OCH3 is 1. The molecule has 4 rings (SSSR count). The van der Waals surface area contributed by atoms with Crippen LogP contribution in [-0.2, 0) is 21.4 Å². The maximum atomic E-state index is 13.2. The Bertz CT molecular complexity index is 998. The smallest absolute Gasteiger partial charge is 0.257 e. The zero-order chi connectivity index (χ0) is 21.1. The number of fused-ring (bicyclic) bond motifs is 1. The van der Waals surface area contributed by atoms with Gasteiger partial charge in [0.15, 0.2) is 5.84 Å². The van der Waals surface area contributed by atoms with Gasteiger partial charge in [0, 0.05) is 45.5 Å². The van der Waals surface area contributed by atoms with Crippen molar-refractivity contribution in [1.29, 1.82) is 0 Å². The first-order chi connectivity index (χ1) is 14.4. The fourth-order valence-electron chi connectivity index (χ4n) is 3.87. The first kappa shape index (κ1) is 20.6. The number of sulfonamides is 1. The van der Waals surface area contributed by atoms with E-state index in [0.717, 1.165) is 31.8 Å². The van der Waals surface area contributed by atoms with Crippen molar-refractivity contribution < 1.29 is 17.9 Å². The predicted molar refractivity (Wildman–Crippen MR) is 115 cm³/mol. The van der Waals surface area contributed by atoms with Crippen LogP contribution in [0, 0.1) is 0 Å². The molecule has 0 bridgehead atoms. The fraction of sp³-hybridized carbons (Fsp3) is 0.429. The van der Waals surface area contributed by atoms with Crippen LogP contribution >= 0.6 is 0 Å². The van der Waals surface area contributed by atoms with E-state index in [1.165, 1.54) is 5.56 Å². The molecule has 1 saturated heterocycles. The van der Waals surface area contributed by atoms with E-state index < -0.39 is 10.0 Å². The predicted octanol–water partition coefficient (Wildman–Crippen LogP) is 1.23. The molecule has 9 heteroatoms. The van der Waals surface area contributed by atoms with E-state index in [1.807, 2.05) is 12.1 Å². The number of amidine groups is 1. The minimum Gasteiger partial charge on any atom is -0.497 e. The van der Waals surface area contributed by atoms with Crippen molar-refractivity contribution in [2.75, 3.05) is 45.6 Å². The van der Waals surface area contributed by atoms with Gasteiger partial charge in [-0.15, -0.1) is 4.40 Å². The summed E-state index contributed by atoms with van der Waals surface area (Å²) >= 11 is 0. The maximum absolute atomic E-state index is 13.2. The average Bonchev–Trinajstić information content (AvgIpc) is 2.98. The third-order valence-corrected chi connectivity index (χ3v) is 6.68. The van der Waals surface area contributed by atoms with Crippen LogP contribution in [0.1, 0.15) is 12.0 Å². The Morgan fingerprint density at radius 3 is 2.67 bits per heavy atom. The molecule has 160 valence electrons. The van der Waals surface area contributed by atoms with Gasteiger partial charge in [-0.25, -0.2) is 8.42 Å². The minimum absolute atomic E-state index is 0.0354. The Kier molecular flexibility index (Phi) is 5.92. The Balaban J connectivity index is 1.42. The zero-order valence-electron chi connectivity index (χ0n) is 17.0. The van der Waals surface area contributed by atoms with Gasteiger partial charge in [-0.1, -0.05) is 12.1 Å². The zero-order valence-corrected chi connectivity index (χ0v) is 17.8. The van der Waals surface area contributed by atoms with Crippen LogP contribution in [0.15, 0.2) is 52.6 Å². The molecule has 0 unspecified atom stereocenters. The van der Waals surface area contributed by atoms with E-state index in [1.54, 1.807) is 35.3 Å². The van der Waals surface area contributed by atoms with E-state index in [-0.39, 0.29) is 17.5 Å². The summed E-state index contributed by atoms with van der Waals surface area (Å²) in [6, 6.07) is 8.03. The maximum Gasteiger partial charge on any atom is 0.257 e. The second-order valence-electron chi connectivity index (χ2n) is 7.59. The molecule has 3 aliphatic rings. The average molecular weight is 431 g/mol. The standard InChI is InChI=1S/C21H26N4O4S/c1-29-18-7-5-17(6-8-18)16-23-9-3-11-25(13-12-23)21(26)19-4-2-10-24-14-15-30(27,28)22-20(19)24/h2,4-8,10H,3,9,11-16H2,1H3. The van der Waals surface area contributed by atoms with Crippen molar-refractivity contribution in [2.24, 2.45) is 4.40 Å². The van der Waals surface area contributed by atoms with E-state index in [9.17, 15) is 13.2 Å². The largest absolute Gasteiger partial charge is 0.497 e. The van der Waals surface area contributed by atoms with Crippen molar-refractivity contribution in [1.82, 2.24) is 14.7 Å². The van der Waals surface area contributed by atoms with E-state index in [0.29, 0.717) is 25.2 Å². The lowest BCUT2D eigenvalue weighted by Crippen LogP contribution is -2.44. The Morgan fingerprint density at radius 1 is 1.10 bits per heavy atom. The highest BCUT2D eigenvalue weighted by molar-refractivity contribution is 7.90. The SMILES string of the molecule is COc1ccc(CN2CCCN(C(=O)C3=CC=CN4CCS(=O)(=O)N=C34)CC2)cc1. The molecule has 0 atom stereocenters. The van der Waals surface area contributed by atoms with E-state index >= 15 is 0 Å². The van der Waals surface area contributed by atoms with Crippen molar-refractivity contribution >= 4 is 21.8 Å². The van der Waals surface area contributed by atoms with Gasteiger partial charge in [0.05, 0.1) is 18.4 Å². The molecule has 0 saturated carbocycles. The monoisotopic (exact) mass is 430 g/mol. The number of ether oxygens (including phenoxy) is 1. The van der Waals surface area contributed by atoms with Gasteiger partial charge in [0.1, 0.15) is 5.75 Å². The van der Waals surface area contributed by atoms with Crippen molar-refractivity contribution in [3.63, 3.8) is 0 Å². The molecule has 1 amide bonds. The summed E-state index contributed by atoms with van der Waals surface area (Å²) in [7, 11) is -1.87. The summed E-state index contributed by atoms with van der Waals surface area (Å²) in [6.45, 7) is 4.02. The molecule has 3 heterocycles. The molecule has 0 aromatic heterocycles. The highest BCUT2D eigenvalue weighted by Gasteiger charge is 2.32. The van der Waals surface area contributed by atoms with Gasteiger partial charge < -0.3 is 14.5 Å². The minimum atomic E-state index is -3.52. The summed E-state index contributed by atoms with van der Waals surface area (Å²) in [5.74, 6) is 0.884. The molecule has 3 aliphatic heterocycles. The van der Waals surface area contributed by atoms with Crippen LogP contribution in [-0.4, -0.2) is 80.4 Å². The first-order valence-electron chi connectivity index (χ1n) is 10.1. The lowest BCUT2D eigenvalue weighted by molar-refractivity contribution is -0.126. The second kappa shape index (κ2) is 8.61. The highest BCUT2D eigenvalue weighted by atomic mass is 32.2. The van der Waals surface area contributed by atoms with E-state index in [2.05, 4.69) is 21.4 Å². The number of hydrogen-bond acceptors (Lipinski definition) is 6. The number of nitrogens with zero attached hydrogens (tertiary/aromatic N) is 4. The second-order valence-corrected chi connectivity index (χ2v) is 9.34. The molecule has 0 spiro atoms. The lowest BCUT2D eigenvalue weighted by Gasteiger charge is -2.31. The Hall–Kier alpha value is -2.65. The lowest BCUT2D eigenvalue weighted by atomic mass is 10.1. The van der Waals surface area contributed by atoms with Crippen LogP contribution in [0.5, 0.6) is 5.75 Å². The molecule has 1 fully saturated rings. The van der Waals surface area contributed by atoms with Crippen LogP contribution in [0.4, 0.5) is 0 Å². The number of benzene rings is 1. The summed E-state index contributed by atoms with van der Waals surface area (Å²) in [5, 5.41) is 0. The Labute approximate surface area is 177 Å². The third kappa shape index (κ3) is 4.57. The van der Waals surface area contributed by atoms with Gasteiger partial charge in [-0.2, -0.15) is 0 Å². The molecule has 0 aliphatic carbocycles. The van der Waals surface area contributed by atoms with Crippen LogP contribution in [0.2, 0.25) is 0 Å². The Morgan fingerprint density at radius 2 is 1.90 bits per heavy atom. The number of allylic oxidation sites excluding steroid dienone is 2. The van der Waals surface area contributed by atoms with Gasteiger partial charge in [-0.05, 0) is 36.3 Å². The molecular weight excluding hydrogens is 404 g/mol. The van der Waals surface area contributed by atoms with Gasteiger partial charge in [0.2, 0.25) is 0 Å². The molecule has 1 aromatic carbocycles. The topological polar surface area (TPSA) is 82.5 Å². The van der Waals surface area contributed by atoms with Gasteiger partial charge >= 0.3 is 0 Å². The molecular formula is C21H26N4O4S. The molecule has 1 aromatic rings. The number of carbonyl (C=O) groups is 1. The van der Waals surface area contributed by atoms with Crippen LogP contribution in [0.3, 0.4) is 0 Å². The molecule has 0 radical (unpaired) electrons. The van der Waals surface area contributed by atoms with Gasteiger partial charge in [-0.3, -0.25) is 9.69 Å². The van der Waals surface area contributed by atoms with Crippen LogP contribution in [0.25, 0.3) is 0 Å². The van der Waals surface area contributed by atoms with Crippen molar-refractivity contribution in [2.45, 2.75) is 13.0 Å². The summed E-state index contributed by atoms with van der Waals surface area (Å²) < 4.78 is 33.0. The number of carbonyl (C=O) groups excluding carboxylic acids is 1. The third-order valence-electron chi connectivity index (χ3n) is 5.53. The first-order valence-corrected chi connectivity index (χ1v) is 11.7. The summed E-state index contributed by atoms with van der Waals surface area (Å²) in [4.78, 5) is 19.1. The quantitative estimate of drug-likeness (QED) is 0.715. The normalized spacial score (nSPS) is 21.4. The number of hydrogen-bond donors (Lipinski definition) is 0. The van der Waals surface area contributed by atoms with Crippen LogP contribution < -0.4 is 4.74 Å². The molecule has 0 N–H and O–H groups in total. The number of rotatable bonds is 4. The van der Waals surface area contributed by atoms with Crippen molar-refractivity contribution in [3.05, 3.63) is 53.8 Å². The van der Waals surface area contributed by atoms with Gasteiger partial charge in [0.25, 0.3) is 15.9 Å². The molecule has 8 nitrogen and oxygen atoms in total. The summed E-state index contributed by atoms with van der Waals surface area (Å²) in [5.41, 5.74) is 1.55. The van der Waals surface area contributed by atoms with E-state index in [4.69, 9.17) is 4.74 Å². The fourth-order valence-corrected chi connectivity index (χ4v) is 4.86. The van der Waals surface area contributed by atoms with Crippen molar-refractivity contribution in [3.8, 4) is 5.75 Å². The molecule has 30 heavy (non-hydrogen) atoms. The number of amides is 1. The highest BCUT2D eigenvalue weighted by Crippen LogP contribution is 2.21.